The van der Waals surface area contributed by atoms with Crippen molar-refractivity contribution in [1.29, 1.82) is 0 Å². The third-order valence-corrected chi connectivity index (χ3v) is 9.80. The predicted octanol–water partition coefficient (Wildman–Crippen LogP) is 8.78. The van der Waals surface area contributed by atoms with Gasteiger partial charge in [-0.15, -0.1) is 0 Å². The molecule has 1 spiro atoms. The molecule has 2 aliphatic rings. The number of halogens is 2. The standard InChI is InChI=1S/C43H42ClFO7/c1-3-47-38-22-19-33(24-37(38)45)23-34-25-35(20-21-36(34)44)43(46-2)41(50-28-32-17-11-6-12-18-32)39(48-26-30-13-7-4-8-14-30)40(42(52-43)29-51-42)49-27-31-15-9-5-10-16-31/h4-22,24-25,39-41H,3,23,26-29H2,1-2H3. The fourth-order valence-corrected chi connectivity index (χ4v) is 6.94. The van der Waals surface area contributed by atoms with Crippen LogP contribution in [0.25, 0.3) is 0 Å². The van der Waals surface area contributed by atoms with Crippen molar-refractivity contribution in [3.05, 3.63) is 172 Å². The van der Waals surface area contributed by atoms with Gasteiger partial charge in [-0.2, -0.15) is 0 Å². The Morgan fingerprint density at radius 3 is 1.83 bits per heavy atom. The van der Waals surface area contributed by atoms with E-state index in [9.17, 15) is 4.39 Å². The van der Waals surface area contributed by atoms with E-state index in [0.29, 0.717) is 30.2 Å². The molecule has 2 heterocycles. The summed E-state index contributed by atoms with van der Waals surface area (Å²) in [5.41, 5.74) is 5.08. The summed E-state index contributed by atoms with van der Waals surface area (Å²) in [5.74, 6) is -2.93. The second-order valence-electron chi connectivity index (χ2n) is 13.0. The summed E-state index contributed by atoms with van der Waals surface area (Å²) < 4.78 is 60.3. The van der Waals surface area contributed by atoms with Gasteiger partial charge in [0.2, 0.25) is 11.6 Å². The minimum absolute atomic E-state index is 0.207. The Hall–Kier alpha value is -4.12. The van der Waals surface area contributed by atoms with Gasteiger partial charge in [-0.3, -0.25) is 0 Å². The number of hydrogen-bond donors (Lipinski definition) is 0. The van der Waals surface area contributed by atoms with Crippen LogP contribution in [0.3, 0.4) is 0 Å². The van der Waals surface area contributed by atoms with Crippen molar-refractivity contribution >= 4 is 11.6 Å². The van der Waals surface area contributed by atoms with Crippen molar-refractivity contribution in [1.82, 2.24) is 0 Å². The predicted molar refractivity (Wildman–Crippen MR) is 195 cm³/mol. The summed E-state index contributed by atoms with van der Waals surface area (Å²) in [6.07, 6.45) is -1.90. The van der Waals surface area contributed by atoms with Gasteiger partial charge in [-0.05, 0) is 65.4 Å². The Morgan fingerprint density at radius 2 is 1.29 bits per heavy atom. The molecule has 0 radical (unpaired) electrons. The Bertz CT molecular complexity index is 1910. The van der Waals surface area contributed by atoms with Crippen LogP contribution < -0.4 is 4.74 Å². The first-order chi connectivity index (χ1) is 25.4. The van der Waals surface area contributed by atoms with Crippen molar-refractivity contribution in [2.24, 2.45) is 0 Å². The molecule has 7 rings (SSSR count). The highest BCUT2D eigenvalue weighted by atomic mass is 35.5. The molecule has 2 fully saturated rings. The summed E-state index contributed by atoms with van der Waals surface area (Å²) in [6.45, 7) is 3.29. The van der Waals surface area contributed by atoms with Crippen molar-refractivity contribution in [3.8, 4) is 5.75 Å². The first-order valence-electron chi connectivity index (χ1n) is 17.5. The average Bonchev–Trinajstić information content (AvgIpc) is 3.95. The second kappa shape index (κ2) is 16.3. The lowest BCUT2D eigenvalue weighted by Crippen LogP contribution is -2.67. The van der Waals surface area contributed by atoms with E-state index in [0.717, 1.165) is 27.8 Å². The maximum absolute atomic E-state index is 14.9. The highest BCUT2D eigenvalue weighted by Crippen LogP contribution is 2.53. The Labute approximate surface area is 309 Å². The largest absolute Gasteiger partial charge is 0.491 e. The number of epoxide rings is 1. The first-order valence-corrected chi connectivity index (χ1v) is 17.9. The highest BCUT2D eigenvalue weighted by molar-refractivity contribution is 6.31. The first kappa shape index (κ1) is 36.2. The minimum atomic E-state index is -1.53. The molecular formula is C43H42ClFO7. The molecule has 5 unspecified atom stereocenters. The monoisotopic (exact) mass is 724 g/mol. The average molecular weight is 725 g/mol. The van der Waals surface area contributed by atoms with Gasteiger partial charge < -0.3 is 33.2 Å². The van der Waals surface area contributed by atoms with Gasteiger partial charge in [0.1, 0.15) is 24.9 Å². The molecule has 0 saturated carbocycles. The number of benzene rings is 5. The molecule has 5 aromatic rings. The zero-order valence-corrected chi connectivity index (χ0v) is 30.0. The molecule has 2 aliphatic heterocycles. The Balaban J connectivity index is 1.29. The Kier molecular flexibility index (Phi) is 11.3. The van der Waals surface area contributed by atoms with Gasteiger partial charge in [-0.25, -0.2) is 4.39 Å². The van der Waals surface area contributed by atoms with E-state index in [-0.39, 0.29) is 25.6 Å². The molecule has 5 atom stereocenters. The van der Waals surface area contributed by atoms with Crippen LogP contribution in [0.15, 0.2) is 127 Å². The van der Waals surface area contributed by atoms with Gasteiger partial charge in [0, 0.05) is 17.7 Å². The molecule has 2 saturated heterocycles. The van der Waals surface area contributed by atoms with E-state index in [1.165, 1.54) is 6.07 Å². The molecule has 0 bridgehead atoms. The van der Waals surface area contributed by atoms with Crippen LogP contribution in [0.2, 0.25) is 5.02 Å². The maximum atomic E-state index is 14.9. The lowest BCUT2D eigenvalue weighted by molar-refractivity contribution is -0.405. The van der Waals surface area contributed by atoms with Crippen LogP contribution in [-0.4, -0.2) is 44.4 Å². The second-order valence-corrected chi connectivity index (χ2v) is 13.4. The molecule has 270 valence electrons. The van der Waals surface area contributed by atoms with Gasteiger partial charge >= 0.3 is 0 Å². The zero-order chi connectivity index (χ0) is 36.0. The van der Waals surface area contributed by atoms with E-state index in [4.69, 9.17) is 44.8 Å². The number of methoxy groups -OCH3 is 1. The minimum Gasteiger partial charge on any atom is -0.491 e. The third-order valence-electron chi connectivity index (χ3n) is 9.43. The van der Waals surface area contributed by atoms with Crippen LogP contribution in [0.5, 0.6) is 5.75 Å². The molecule has 9 heteroatoms. The molecule has 0 N–H and O–H groups in total. The fraction of sp³-hybridized carbons (Fsp3) is 0.302. The van der Waals surface area contributed by atoms with Gasteiger partial charge in [0.05, 0.1) is 26.4 Å². The van der Waals surface area contributed by atoms with Crippen molar-refractivity contribution in [2.45, 2.75) is 63.1 Å². The molecule has 52 heavy (non-hydrogen) atoms. The lowest BCUT2D eigenvalue weighted by Gasteiger charge is -2.51. The van der Waals surface area contributed by atoms with Crippen molar-refractivity contribution in [3.63, 3.8) is 0 Å². The molecule has 0 amide bonds. The normalized spacial score (nSPS) is 23.8. The van der Waals surface area contributed by atoms with Crippen LogP contribution in [0, 0.1) is 5.82 Å². The van der Waals surface area contributed by atoms with E-state index in [1.54, 1.807) is 19.2 Å². The van der Waals surface area contributed by atoms with Crippen molar-refractivity contribution in [2.75, 3.05) is 20.3 Å². The van der Waals surface area contributed by atoms with E-state index in [2.05, 4.69) is 0 Å². The Morgan fingerprint density at radius 1 is 0.712 bits per heavy atom. The molecule has 0 aromatic heterocycles. The van der Waals surface area contributed by atoms with Crippen LogP contribution in [0.4, 0.5) is 4.39 Å². The van der Waals surface area contributed by atoms with Crippen molar-refractivity contribution < 1.29 is 37.5 Å². The number of ether oxygens (including phenoxy) is 7. The fourth-order valence-electron chi connectivity index (χ4n) is 6.75. The van der Waals surface area contributed by atoms with Gasteiger partial charge in [0.25, 0.3) is 0 Å². The quantitative estimate of drug-likeness (QED) is 0.100. The number of hydrogen-bond acceptors (Lipinski definition) is 7. The van der Waals surface area contributed by atoms with E-state index < -0.39 is 35.7 Å². The molecule has 0 aliphatic carbocycles. The molecule has 5 aromatic carbocycles. The SMILES string of the molecule is CCOc1ccc(Cc2cc(C3(OC)OC4(CO4)C(OCc4ccccc4)C(OCc4ccccc4)C3OCc3ccccc3)ccc2Cl)cc1F. The maximum Gasteiger partial charge on any atom is 0.227 e. The lowest BCUT2D eigenvalue weighted by atomic mass is 9.86. The number of rotatable bonds is 15. The van der Waals surface area contributed by atoms with Gasteiger partial charge in [0.15, 0.2) is 11.6 Å². The summed E-state index contributed by atoms with van der Waals surface area (Å²) in [7, 11) is 1.59. The summed E-state index contributed by atoms with van der Waals surface area (Å²) >= 11 is 6.81. The van der Waals surface area contributed by atoms with Crippen LogP contribution in [0.1, 0.15) is 40.3 Å². The van der Waals surface area contributed by atoms with Gasteiger partial charge in [-0.1, -0.05) is 115 Å². The van der Waals surface area contributed by atoms with E-state index >= 15 is 0 Å². The topological polar surface area (TPSA) is 67.9 Å². The summed E-state index contributed by atoms with van der Waals surface area (Å²) in [4.78, 5) is 0. The smallest absolute Gasteiger partial charge is 0.227 e. The third kappa shape index (κ3) is 7.94. The molecule has 7 nitrogen and oxygen atoms in total. The highest BCUT2D eigenvalue weighted by Gasteiger charge is 2.70. The van der Waals surface area contributed by atoms with E-state index in [1.807, 2.05) is 116 Å². The molecular weight excluding hydrogens is 683 g/mol. The summed E-state index contributed by atoms with van der Waals surface area (Å²) in [5, 5.41) is 0.514. The summed E-state index contributed by atoms with van der Waals surface area (Å²) in [6, 6.07) is 40.3. The van der Waals surface area contributed by atoms with Crippen LogP contribution >= 0.6 is 11.6 Å². The zero-order valence-electron chi connectivity index (χ0n) is 29.2. The van der Waals surface area contributed by atoms with Crippen LogP contribution in [-0.2, 0) is 60.4 Å².